The molecule has 0 spiro atoms. The van der Waals surface area contributed by atoms with Gasteiger partial charge in [0.2, 0.25) is 0 Å². The minimum atomic E-state index is 0.254. The zero-order valence-corrected chi connectivity index (χ0v) is 15.8. The number of nitrogens with one attached hydrogen (secondary N) is 1. The maximum atomic E-state index is 6.70. The molecule has 0 radical (unpaired) electrons. The molecule has 1 saturated carbocycles. The fourth-order valence-electron chi connectivity index (χ4n) is 4.79. The Kier molecular flexibility index (Phi) is 5.21. The summed E-state index contributed by atoms with van der Waals surface area (Å²) in [5.41, 5.74) is 2.56. The molecule has 0 aromatic heterocycles. The van der Waals surface area contributed by atoms with Crippen LogP contribution in [-0.4, -0.2) is 19.3 Å². The molecule has 3 nitrogen and oxygen atoms in total. The van der Waals surface area contributed by atoms with Crippen molar-refractivity contribution in [3.05, 3.63) is 23.8 Å². The molecule has 3 aliphatic rings. The largest absolute Gasteiger partial charge is 0.494 e. The Balaban J connectivity index is 1.48. The molecule has 0 amide bonds. The number of rotatable bonds is 5. The predicted octanol–water partition coefficient (Wildman–Crippen LogP) is 5.56. The number of benzene rings is 1. The molecule has 1 saturated heterocycles. The van der Waals surface area contributed by atoms with Gasteiger partial charge in [-0.2, -0.15) is 0 Å². The Hall–Kier alpha value is -1.22. The second-order valence-electron chi connectivity index (χ2n) is 8.64. The van der Waals surface area contributed by atoms with Crippen LogP contribution in [0.3, 0.4) is 0 Å². The van der Waals surface area contributed by atoms with Crippen LogP contribution in [0.25, 0.3) is 0 Å². The van der Waals surface area contributed by atoms with Gasteiger partial charge in [0.25, 0.3) is 0 Å². The zero-order chi connectivity index (χ0) is 17.2. The van der Waals surface area contributed by atoms with E-state index in [1.807, 2.05) is 0 Å². The summed E-state index contributed by atoms with van der Waals surface area (Å²) < 4.78 is 12.7. The quantitative estimate of drug-likeness (QED) is 0.759. The van der Waals surface area contributed by atoms with E-state index >= 15 is 0 Å². The Morgan fingerprint density at radius 1 is 1.12 bits per heavy atom. The van der Waals surface area contributed by atoms with Crippen LogP contribution in [0.2, 0.25) is 0 Å². The first-order chi connectivity index (χ1) is 12.2. The van der Waals surface area contributed by atoms with Crippen molar-refractivity contribution in [2.75, 3.05) is 18.5 Å². The smallest absolute Gasteiger partial charge is 0.119 e. The molecule has 138 valence electrons. The van der Waals surface area contributed by atoms with Gasteiger partial charge in [0, 0.05) is 23.7 Å². The van der Waals surface area contributed by atoms with Crippen LogP contribution in [-0.2, 0) is 4.74 Å². The van der Waals surface area contributed by atoms with Crippen LogP contribution < -0.4 is 10.1 Å². The van der Waals surface area contributed by atoms with Gasteiger partial charge < -0.3 is 14.8 Å². The second-order valence-corrected chi connectivity index (χ2v) is 8.64. The van der Waals surface area contributed by atoms with Gasteiger partial charge in [-0.25, -0.2) is 0 Å². The Morgan fingerprint density at radius 3 is 2.76 bits per heavy atom. The molecular formula is C22H33NO2. The maximum Gasteiger partial charge on any atom is 0.119 e. The van der Waals surface area contributed by atoms with Crippen LogP contribution >= 0.6 is 0 Å². The minimum absolute atomic E-state index is 0.254. The average Bonchev–Trinajstić information content (AvgIpc) is 3.15. The standard InChI is InChI=1S/C22H33NO2/c1-15(2)11-12-24-18-8-9-20-19(13-18)22-17(14-23-20)7-10-21(25-22)16-5-3-4-6-16/h8-9,13,15-17,21-23H,3-7,10-12,14H2,1-2H3. The molecular weight excluding hydrogens is 310 g/mol. The number of fused-ring (bicyclic) bond motifs is 3. The highest BCUT2D eigenvalue weighted by atomic mass is 16.5. The zero-order valence-electron chi connectivity index (χ0n) is 15.8. The average molecular weight is 344 g/mol. The van der Waals surface area contributed by atoms with Crippen LogP contribution in [0, 0.1) is 17.8 Å². The van der Waals surface area contributed by atoms with Crippen molar-refractivity contribution in [3.63, 3.8) is 0 Å². The lowest BCUT2D eigenvalue weighted by molar-refractivity contribution is -0.107. The fraction of sp³-hybridized carbons (Fsp3) is 0.727. The van der Waals surface area contributed by atoms with E-state index in [0.29, 0.717) is 17.9 Å². The molecule has 25 heavy (non-hydrogen) atoms. The van der Waals surface area contributed by atoms with Crippen LogP contribution in [0.15, 0.2) is 18.2 Å². The molecule has 2 aliphatic heterocycles. The molecule has 1 aromatic carbocycles. The number of anilines is 1. The van der Waals surface area contributed by atoms with Gasteiger partial charge in [0.15, 0.2) is 0 Å². The highest BCUT2D eigenvalue weighted by molar-refractivity contribution is 5.57. The van der Waals surface area contributed by atoms with Gasteiger partial charge in [-0.3, -0.25) is 0 Å². The molecule has 2 heterocycles. The minimum Gasteiger partial charge on any atom is -0.494 e. The van der Waals surface area contributed by atoms with E-state index in [9.17, 15) is 0 Å². The topological polar surface area (TPSA) is 30.5 Å². The van der Waals surface area contributed by atoms with E-state index < -0.39 is 0 Å². The molecule has 2 fully saturated rings. The third kappa shape index (κ3) is 3.81. The molecule has 1 aliphatic carbocycles. The van der Waals surface area contributed by atoms with Gasteiger partial charge in [0.05, 0.1) is 18.8 Å². The molecule has 3 heteroatoms. The van der Waals surface area contributed by atoms with Crippen molar-refractivity contribution < 1.29 is 9.47 Å². The number of hydrogen-bond donors (Lipinski definition) is 1. The predicted molar refractivity (Wildman–Crippen MR) is 102 cm³/mol. The monoisotopic (exact) mass is 343 g/mol. The number of hydrogen-bond acceptors (Lipinski definition) is 3. The molecule has 0 bridgehead atoms. The van der Waals surface area contributed by atoms with Crippen molar-refractivity contribution in [2.24, 2.45) is 17.8 Å². The summed E-state index contributed by atoms with van der Waals surface area (Å²) in [6, 6.07) is 6.51. The summed E-state index contributed by atoms with van der Waals surface area (Å²) in [6.45, 7) is 6.32. The highest BCUT2D eigenvalue weighted by Gasteiger charge is 2.39. The third-order valence-corrected chi connectivity index (χ3v) is 6.35. The van der Waals surface area contributed by atoms with Crippen molar-refractivity contribution in [1.29, 1.82) is 0 Å². The second kappa shape index (κ2) is 7.57. The van der Waals surface area contributed by atoms with E-state index in [-0.39, 0.29) is 6.10 Å². The lowest BCUT2D eigenvalue weighted by atomic mass is 9.81. The molecule has 1 N–H and O–H groups in total. The lowest BCUT2D eigenvalue weighted by Gasteiger charge is -2.42. The summed E-state index contributed by atoms with van der Waals surface area (Å²) in [5.74, 6) is 3.08. The molecule has 4 rings (SSSR count). The van der Waals surface area contributed by atoms with Crippen LogP contribution in [0.5, 0.6) is 5.75 Å². The first-order valence-corrected chi connectivity index (χ1v) is 10.4. The van der Waals surface area contributed by atoms with E-state index in [0.717, 1.165) is 31.2 Å². The fourth-order valence-corrected chi connectivity index (χ4v) is 4.79. The van der Waals surface area contributed by atoms with E-state index in [1.165, 1.54) is 49.8 Å². The first-order valence-electron chi connectivity index (χ1n) is 10.4. The SMILES string of the molecule is CC(C)CCOc1ccc2c(c1)C1OC(C3CCCC3)CCC1CN2. The normalized spacial score (nSPS) is 29.2. The summed E-state index contributed by atoms with van der Waals surface area (Å²) in [6.07, 6.45) is 9.88. The Labute approximate surface area is 152 Å². The van der Waals surface area contributed by atoms with Gasteiger partial charge >= 0.3 is 0 Å². The molecule has 1 aromatic rings. The number of ether oxygens (including phenoxy) is 2. The summed E-state index contributed by atoms with van der Waals surface area (Å²) in [4.78, 5) is 0. The first kappa shape index (κ1) is 17.2. The van der Waals surface area contributed by atoms with Gasteiger partial charge in [-0.1, -0.05) is 26.7 Å². The van der Waals surface area contributed by atoms with Crippen molar-refractivity contribution >= 4 is 5.69 Å². The van der Waals surface area contributed by atoms with Crippen molar-refractivity contribution in [1.82, 2.24) is 0 Å². The Bertz CT molecular complexity index is 579. The van der Waals surface area contributed by atoms with E-state index in [2.05, 4.69) is 37.4 Å². The molecule has 3 atom stereocenters. The van der Waals surface area contributed by atoms with Crippen molar-refractivity contribution in [2.45, 2.75) is 71.0 Å². The lowest BCUT2D eigenvalue weighted by Crippen LogP contribution is -2.39. The summed E-state index contributed by atoms with van der Waals surface area (Å²) >= 11 is 0. The highest BCUT2D eigenvalue weighted by Crippen LogP contribution is 2.46. The summed E-state index contributed by atoms with van der Waals surface area (Å²) in [5, 5.41) is 3.61. The van der Waals surface area contributed by atoms with E-state index in [4.69, 9.17) is 9.47 Å². The Morgan fingerprint density at radius 2 is 1.96 bits per heavy atom. The van der Waals surface area contributed by atoms with Gasteiger partial charge in [-0.15, -0.1) is 0 Å². The maximum absolute atomic E-state index is 6.70. The van der Waals surface area contributed by atoms with Crippen LogP contribution in [0.4, 0.5) is 5.69 Å². The van der Waals surface area contributed by atoms with Crippen LogP contribution in [0.1, 0.15) is 70.5 Å². The van der Waals surface area contributed by atoms with Gasteiger partial charge in [-0.05, 0) is 62.1 Å². The third-order valence-electron chi connectivity index (χ3n) is 6.35. The summed E-state index contributed by atoms with van der Waals surface area (Å²) in [7, 11) is 0. The van der Waals surface area contributed by atoms with E-state index in [1.54, 1.807) is 0 Å². The van der Waals surface area contributed by atoms with Crippen molar-refractivity contribution in [3.8, 4) is 5.75 Å². The molecule has 3 unspecified atom stereocenters. The van der Waals surface area contributed by atoms with Gasteiger partial charge in [0.1, 0.15) is 5.75 Å².